The monoisotopic (exact) mass is 264 g/mol. The van der Waals surface area contributed by atoms with E-state index in [1.807, 2.05) is 26.0 Å². The maximum atomic E-state index is 5.65. The summed E-state index contributed by atoms with van der Waals surface area (Å²) in [4.78, 5) is 0. The SMILES string of the molecule is CC(C)Oc1ccc2ccc(Br)cc2c1. The van der Waals surface area contributed by atoms with Gasteiger partial charge in [0.2, 0.25) is 0 Å². The quantitative estimate of drug-likeness (QED) is 0.782. The summed E-state index contributed by atoms with van der Waals surface area (Å²) in [7, 11) is 0. The molecule has 0 aliphatic rings. The molecule has 0 amide bonds. The van der Waals surface area contributed by atoms with Crippen molar-refractivity contribution in [2.75, 3.05) is 0 Å². The Morgan fingerprint density at radius 1 is 1.00 bits per heavy atom. The van der Waals surface area contributed by atoms with Gasteiger partial charge in [-0.25, -0.2) is 0 Å². The Balaban J connectivity index is 2.45. The van der Waals surface area contributed by atoms with Crippen LogP contribution >= 0.6 is 15.9 Å². The number of benzene rings is 2. The van der Waals surface area contributed by atoms with Gasteiger partial charge in [0, 0.05) is 4.47 Å². The Labute approximate surface area is 98.2 Å². The number of hydrogen-bond acceptors (Lipinski definition) is 1. The van der Waals surface area contributed by atoms with E-state index in [1.54, 1.807) is 0 Å². The molecule has 15 heavy (non-hydrogen) atoms. The second-order valence-corrected chi connectivity index (χ2v) is 4.74. The van der Waals surface area contributed by atoms with Crippen molar-refractivity contribution in [2.24, 2.45) is 0 Å². The highest BCUT2D eigenvalue weighted by Gasteiger charge is 2.00. The molecule has 0 unspecified atom stereocenters. The molecule has 2 aromatic carbocycles. The molecule has 0 heterocycles. The predicted octanol–water partition coefficient (Wildman–Crippen LogP) is 4.39. The van der Waals surface area contributed by atoms with E-state index in [1.165, 1.54) is 10.8 Å². The Hall–Kier alpha value is -1.02. The second-order valence-electron chi connectivity index (χ2n) is 3.82. The van der Waals surface area contributed by atoms with E-state index in [2.05, 4.69) is 40.2 Å². The molecular weight excluding hydrogens is 252 g/mol. The zero-order valence-corrected chi connectivity index (χ0v) is 10.4. The van der Waals surface area contributed by atoms with Gasteiger partial charge >= 0.3 is 0 Å². The van der Waals surface area contributed by atoms with E-state index >= 15 is 0 Å². The summed E-state index contributed by atoms with van der Waals surface area (Å²) in [6.07, 6.45) is 0.217. The molecule has 0 N–H and O–H groups in total. The van der Waals surface area contributed by atoms with Crippen LogP contribution in [0.1, 0.15) is 13.8 Å². The molecule has 0 saturated heterocycles. The van der Waals surface area contributed by atoms with Gasteiger partial charge in [-0.2, -0.15) is 0 Å². The standard InChI is InChI=1S/C13H13BrO/c1-9(2)15-13-6-4-10-3-5-12(14)7-11(10)8-13/h3-9H,1-2H3. The first-order chi connectivity index (χ1) is 7.15. The first-order valence-electron chi connectivity index (χ1n) is 5.01. The van der Waals surface area contributed by atoms with Crippen molar-refractivity contribution < 1.29 is 4.74 Å². The normalized spacial score (nSPS) is 10.9. The second kappa shape index (κ2) is 4.23. The Morgan fingerprint density at radius 2 is 1.73 bits per heavy atom. The van der Waals surface area contributed by atoms with E-state index in [9.17, 15) is 0 Å². The molecule has 0 aliphatic carbocycles. The van der Waals surface area contributed by atoms with Crippen LogP contribution in [0, 0.1) is 0 Å². The highest BCUT2D eigenvalue weighted by atomic mass is 79.9. The van der Waals surface area contributed by atoms with Gasteiger partial charge in [-0.1, -0.05) is 28.1 Å². The van der Waals surface area contributed by atoms with E-state index in [0.717, 1.165) is 10.2 Å². The summed E-state index contributed by atoms with van der Waals surface area (Å²) in [5.74, 6) is 0.926. The fourth-order valence-corrected chi connectivity index (χ4v) is 1.92. The van der Waals surface area contributed by atoms with E-state index in [0.29, 0.717) is 0 Å². The Kier molecular flexibility index (Phi) is 2.96. The summed E-state index contributed by atoms with van der Waals surface area (Å²) >= 11 is 3.47. The molecular formula is C13H13BrO. The third-order valence-corrected chi connectivity index (χ3v) is 2.64. The molecule has 1 nitrogen and oxygen atoms in total. The van der Waals surface area contributed by atoms with Crippen LogP contribution in [-0.4, -0.2) is 6.10 Å². The summed E-state index contributed by atoms with van der Waals surface area (Å²) in [5, 5.41) is 2.43. The molecule has 2 rings (SSSR count). The maximum Gasteiger partial charge on any atom is 0.120 e. The van der Waals surface area contributed by atoms with Crippen LogP contribution in [-0.2, 0) is 0 Å². The first-order valence-corrected chi connectivity index (χ1v) is 5.80. The third-order valence-electron chi connectivity index (χ3n) is 2.15. The smallest absolute Gasteiger partial charge is 0.120 e. The number of fused-ring (bicyclic) bond motifs is 1. The van der Waals surface area contributed by atoms with Crippen LogP contribution in [0.15, 0.2) is 40.9 Å². The minimum atomic E-state index is 0.217. The average Bonchev–Trinajstić information content (AvgIpc) is 2.16. The molecule has 2 heteroatoms. The van der Waals surface area contributed by atoms with Crippen molar-refractivity contribution in [2.45, 2.75) is 20.0 Å². The summed E-state index contributed by atoms with van der Waals surface area (Å²) in [6, 6.07) is 12.4. The molecule has 0 fully saturated rings. The highest BCUT2D eigenvalue weighted by molar-refractivity contribution is 9.10. The lowest BCUT2D eigenvalue weighted by molar-refractivity contribution is 0.243. The lowest BCUT2D eigenvalue weighted by atomic mass is 10.1. The average molecular weight is 265 g/mol. The Morgan fingerprint density at radius 3 is 2.47 bits per heavy atom. The van der Waals surface area contributed by atoms with Crippen LogP contribution in [0.3, 0.4) is 0 Å². The lowest BCUT2D eigenvalue weighted by Crippen LogP contribution is -2.05. The molecule has 0 saturated carbocycles. The minimum absolute atomic E-state index is 0.217. The van der Waals surface area contributed by atoms with Crippen LogP contribution < -0.4 is 4.74 Å². The molecule has 0 spiro atoms. The molecule has 0 aromatic heterocycles. The molecule has 78 valence electrons. The maximum absolute atomic E-state index is 5.65. The van der Waals surface area contributed by atoms with E-state index in [4.69, 9.17) is 4.74 Å². The van der Waals surface area contributed by atoms with Gasteiger partial charge in [0.25, 0.3) is 0 Å². The third kappa shape index (κ3) is 2.51. The largest absolute Gasteiger partial charge is 0.491 e. The number of hydrogen-bond donors (Lipinski definition) is 0. The summed E-state index contributed by atoms with van der Waals surface area (Å²) in [6.45, 7) is 4.07. The van der Waals surface area contributed by atoms with Gasteiger partial charge in [-0.05, 0) is 48.9 Å². The lowest BCUT2D eigenvalue weighted by Gasteiger charge is -2.10. The van der Waals surface area contributed by atoms with Crippen LogP contribution in [0.5, 0.6) is 5.75 Å². The Bertz CT molecular complexity index is 477. The topological polar surface area (TPSA) is 9.23 Å². The number of halogens is 1. The highest BCUT2D eigenvalue weighted by Crippen LogP contribution is 2.24. The van der Waals surface area contributed by atoms with Crippen molar-refractivity contribution in [3.05, 3.63) is 40.9 Å². The number of ether oxygens (including phenoxy) is 1. The van der Waals surface area contributed by atoms with Crippen LogP contribution in [0.25, 0.3) is 10.8 Å². The molecule has 2 aromatic rings. The molecule has 0 aliphatic heterocycles. The van der Waals surface area contributed by atoms with Gasteiger partial charge in [-0.15, -0.1) is 0 Å². The van der Waals surface area contributed by atoms with Crippen molar-refractivity contribution in [3.8, 4) is 5.75 Å². The summed E-state index contributed by atoms with van der Waals surface area (Å²) in [5.41, 5.74) is 0. The van der Waals surface area contributed by atoms with E-state index < -0.39 is 0 Å². The minimum Gasteiger partial charge on any atom is -0.491 e. The van der Waals surface area contributed by atoms with Crippen molar-refractivity contribution >= 4 is 26.7 Å². The van der Waals surface area contributed by atoms with Crippen molar-refractivity contribution in [3.63, 3.8) is 0 Å². The molecule has 0 bridgehead atoms. The van der Waals surface area contributed by atoms with Gasteiger partial charge in [-0.3, -0.25) is 0 Å². The van der Waals surface area contributed by atoms with Crippen molar-refractivity contribution in [1.29, 1.82) is 0 Å². The predicted molar refractivity (Wildman–Crippen MR) is 67.4 cm³/mol. The van der Waals surface area contributed by atoms with Crippen molar-refractivity contribution in [1.82, 2.24) is 0 Å². The van der Waals surface area contributed by atoms with Crippen LogP contribution in [0.2, 0.25) is 0 Å². The van der Waals surface area contributed by atoms with Crippen LogP contribution in [0.4, 0.5) is 0 Å². The number of rotatable bonds is 2. The van der Waals surface area contributed by atoms with Gasteiger partial charge < -0.3 is 4.74 Å². The molecule has 0 atom stereocenters. The molecule has 0 radical (unpaired) electrons. The van der Waals surface area contributed by atoms with Gasteiger partial charge in [0.05, 0.1) is 6.10 Å². The van der Waals surface area contributed by atoms with Gasteiger partial charge in [0.15, 0.2) is 0 Å². The zero-order valence-electron chi connectivity index (χ0n) is 8.83. The van der Waals surface area contributed by atoms with Gasteiger partial charge in [0.1, 0.15) is 5.75 Å². The fraction of sp³-hybridized carbons (Fsp3) is 0.231. The van der Waals surface area contributed by atoms with E-state index in [-0.39, 0.29) is 6.10 Å². The fourth-order valence-electron chi connectivity index (χ4n) is 1.54. The first kappa shape index (κ1) is 10.5. The zero-order chi connectivity index (χ0) is 10.8. The summed E-state index contributed by atoms with van der Waals surface area (Å²) < 4.78 is 6.74.